The Balaban J connectivity index is 1.44. The number of para-hydroxylation sites is 3. The predicted octanol–water partition coefficient (Wildman–Crippen LogP) is 3.33. The third kappa shape index (κ3) is 3.17. The van der Waals surface area contributed by atoms with E-state index in [0.29, 0.717) is 18.5 Å². The Bertz CT molecular complexity index is 968. The van der Waals surface area contributed by atoms with Gasteiger partial charge in [0.15, 0.2) is 0 Å². The number of H-pyrrole nitrogens is 1. The molecule has 0 bridgehead atoms. The smallest absolute Gasteiger partial charge is 0.253 e. The van der Waals surface area contributed by atoms with Crippen molar-refractivity contribution in [2.24, 2.45) is 0 Å². The highest BCUT2D eigenvalue weighted by Gasteiger charge is 2.11. The zero-order chi connectivity index (χ0) is 17.1. The standard InChI is InChI=1S/C20H18N4O/c25-20(15-7-1-4-10-18(15)24-13-5-6-14-24)21-12-11-19-22-16-8-2-3-9-17(16)23-19/h1-10,13-14H,11-12H2,(H,21,25)(H,22,23). The number of hydrogen-bond acceptors (Lipinski definition) is 2. The highest BCUT2D eigenvalue weighted by Crippen LogP contribution is 2.15. The zero-order valence-corrected chi connectivity index (χ0v) is 13.6. The first-order valence-corrected chi connectivity index (χ1v) is 8.25. The quantitative estimate of drug-likeness (QED) is 0.589. The average Bonchev–Trinajstić information content (AvgIpc) is 3.31. The summed E-state index contributed by atoms with van der Waals surface area (Å²) in [6.45, 7) is 0.526. The maximum Gasteiger partial charge on any atom is 0.253 e. The maximum absolute atomic E-state index is 12.6. The Labute approximate surface area is 145 Å². The van der Waals surface area contributed by atoms with Gasteiger partial charge in [0.1, 0.15) is 5.82 Å². The van der Waals surface area contributed by atoms with Gasteiger partial charge in [-0.25, -0.2) is 4.98 Å². The molecule has 5 heteroatoms. The molecule has 0 atom stereocenters. The summed E-state index contributed by atoms with van der Waals surface area (Å²) in [5.41, 5.74) is 3.49. The van der Waals surface area contributed by atoms with Crippen molar-refractivity contribution < 1.29 is 4.79 Å². The summed E-state index contributed by atoms with van der Waals surface area (Å²) in [6.07, 6.45) is 4.52. The molecule has 0 spiro atoms. The maximum atomic E-state index is 12.6. The lowest BCUT2D eigenvalue weighted by Gasteiger charge is -2.10. The van der Waals surface area contributed by atoms with E-state index >= 15 is 0 Å². The minimum atomic E-state index is -0.0830. The van der Waals surface area contributed by atoms with E-state index in [9.17, 15) is 4.79 Å². The molecule has 0 saturated carbocycles. The number of hydrogen-bond donors (Lipinski definition) is 2. The summed E-state index contributed by atoms with van der Waals surface area (Å²) >= 11 is 0. The molecule has 25 heavy (non-hydrogen) atoms. The van der Waals surface area contributed by atoms with E-state index in [4.69, 9.17) is 0 Å². The molecule has 5 nitrogen and oxygen atoms in total. The molecular formula is C20H18N4O. The van der Waals surface area contributed by atoms with Gasteiger partial charge in [0.05, 0.1) is 22.3 Å². The van der Waals surface area contributed by atoms with Gasteiger partial charge in [-0.2, -0.15) is 0 Å². The molecule has 0 fully saturated rings. The Morgan fingerprint density at radius 3 is 2.60 bits per heavy atom. The van der Waals surface area contributed by atoms with E-state index < -0.39 is 0 Å². The van der Waals surface area contributed by atoms with Crippen LogP contribution < -0.4 is 5.32 Å². The molecule has 0 aliphatic carbocycles. The van der Waals surface area contributed by atoms with Crippen LogP contribution in [0.5, 0.6) is 0 Å². The number of nitrogens with zero attached hydrogens (tertiary/aromatic N) is 2. The van der Waals surface area contributed by atoms with Crippen LogP contribution in [0.2, 0.25) is 0 Å². The number of benzene rings is 2. The minimum Gasteiger partial charge on any atom is -0.352 e. The second kappa shape index (κ2) is 6.65. The topological polar surface area (TPSA) is 62.7 Å². The molecule has 0 unspecified atom stereocenters. The van der Waals surface area contributed by atoms with Crippen LogP contribution in [0.15, 0.2) is 73.1 Å². The van der Waals surface area contributed by atoms with Gasteiger partial charge in [-0.1, -0.05) is 24.3 Å². The van der Waals surface area contributed by atoms with E-state index in [-0.39, 0.29) is 5.91 Å². The van der Waals surface area contributed by atoms with Crippen LogP contribution in [0.4, 0.5) is 0 Å². The van der Waals surface area contributed by atoms with Crippen molar-refractivity contribution in [3.8, 4) is 5.69 Å². The van der Waals surface area contributed by atoms with Crippen molar-refractivity contribution in [2.75, 3.05) is 6.54 Å². The molecule has 0 radical (unpaired) electrons. The van der Waals surface area contributed by atoms with Crippen molar-refractivity contribution >= 4 is 16.9 Å². The van der Waals surface area contributed by atoms with Crippen LogP contribution in [-0.4, -0.2) is 27.0 Å². The first-order valence-electron chi connectivity index (χ1n) is 8.25. The van der Waals surface area contributed by atoms with Gasteiger partial charge < -0.3 is 14.9 Å². The van der Waals surface area contributed by atoms with Gasteiger partial charge in [0.25, 0.3) is 5.91 Å². The van der Waals surface area contributed by atoms with Gasteiger partial charge in [0, 0.05) is 25.4 Å². The summed E-state index contributed by atoms with van der Waals surface area (Å²) in [7, 11) is 0. The lowest BCUT2D eigenvalue weighted by molar-refractivity contribution is 0.0954. The lowest BCUT2D eigenvalue weighted by atomic mass is 10.1. The fourth-order valence-electron chi connectivity index (χ4n) is 2.90. The van der Waals surface area contributed by atoms with E-state index in [2.05, 4.69) is 15.3 Å². The molecule has 2 aromatic heterocycles. The van der Waals surface area contributed by atoms with E-state index in [1.54, 1.807) is 0 Å². The van der Waals surface area contributed by atoms with Crippen molar-refractivity contribution in [1.29, 1.82) is 0 Å². The van der Waals surface area contributed by atoms with Crippen LogP contribution in [-0.2, 0) is 6.42 Å². The fourth-order valence-corrected chi connectivity index (χ4v) is 2.90. The minimum absolute atomic E-state index is 0.0830. The van der Waals surface area contributed by atoms with Crippen LogP contribution in [0, 0.1) is 0 Å². The van der Waals surface area contributed by atoms with Crippen molar-refractivity contribution in [2.45, 2.75) is 6.42 Å². The number of amides is 1. The van der Waals surface area contributed by atoms with E-state index in [1.807, 2.05) is 77.6 Å². The number of carbonyl (C=O) groups is 1. The number of carbonyl (C=O) groups excluding carboxylic acids is 1. The molecule has 4 aromatic rings. The number of rotatable bonds is 5. The van der Waals surface area contributed by atoms with Crippen molar-refractivity contribution in [3.05, 3.63) is 84.4 Å². The summed E-state index contributed by atoms with van der Waals surface area (Å²) in [5.74, 6) is 0.792. The molecule has 4 rings (SSSR count). The normalized spacial score (nSPS) is 10.9. The average molecular weight is 330 g/mol. The summed E-state index contributed by atoms with van der Waals surface area (Å²) in [4.78, 5) is 20.4. The molecule has 2 heterocycles. The SMILES string of the molecule is O=C(NCCc1nc2ccccc2[nH]1)c1ccccc1-n1cccc1. The number of imidazole rings is 1. The summed E-state index contributed by atoms with van der Waals surface area (Å²) < 4.78 is 1.94. The molecule has 0 aliphatic rings. The Morgan fingerprint density at radius 1 is 1.00 bits per heavy atom. The first-order chi connectivity index (χ1) is 12.3. The highest BCUT2D eigenvalue weighted by molar-refractivity contribution is 5.97. The number of fused-ring (bicyclic) bond motifs is 1. The predicted molar refractivity (Wildman–Crippen MR) is 97.9 cm³/mol. The molecule has 124 valence electrons. The third-order valence-electron chi connectivity index (χ3n) is 4.12. The number of aromatic nitrogens is 3. The van der Waals surface area contributed by atoms with Gasteiger partial charge in [-0.15, -0.1) is 0 Å². The van der Waals surface area contributed by atoms with Gasteiger partial charge in [-0.3, -0.25) is 4.79 Å². The van der Waals surface area contributed by atoms with Crippen LogP contribution in [0.3, 0.4) is 0 Å². The number of nitrogens with one attached hydrogen (secondary N) is 2. The van der Waals surface area contributed by atoms with E-state index in [1.165, 1.54) is 0 Å². The fraction of sp³-hybridized carbons (Fsp3) is 0.100. The van der Waals surface area contributed by atoms with E-state index in [0.717, 1.165) is 22.5 Å². The number of aromatic amines is 1. The highest BCUT2D eigenvalue weighted by atomic mass is 16.1. The van der Waals surface area contributed by atoms with Crippen LogP contribution in [0.1, 0.15) is 16.2 Å². The first kappa shape index (κ1) is 15.2. The van der Waals surface area contributed by atoms with Crippen molar-refractivity contribution in [3.63, 3.8) is 0 Å². The lowest BCUT2D eigenvalue weighted by Crippen LogP contribution is -2.27. The third-order valence-corrected chi connectivity index (χ3v) is 4.12. The largest absolute Gasteiger partial charge is 0.352 e. The molecular weight excluding hydrogens is 312 g/mol. The van der Waals surface area contributed by atoms with Gasteiger partial charge in [-0.05, 0) is 36.4 Å². The molecule has 2 aromatic carbocycles. The molecule has 1 amide bonds. The molecule has 2 N–H and O–H groups in total. The summed E-state index contributed by atoms with van der Waals surface area (Å²) in [6, 6.07) is 19.4. The van der Waals surface area contributed by atoms with Gasteiger partial charge >= 0.3 is 0 Å². The van der Waals surface area contributed by atoms with Gasteiger partial charge in [0.2, 0.25) is 0 Å². The van der Waals surface area contributed by atoms with Crippen LogP contribution >= 0.6 is 0 Å². The second-order valence-electron chi connectivity index (χ2n) is 5.81. The summed E-state index contributed by atoms with van der Waals surface area (Å²) in [5, 5.41) is 2.98. The molecule has 0 saturated heterocycles. The Kier molecular flexibility index (Phi) is 4.04. The van der Waals surface area contributed by atoms with Crippen LogP contribution in [0.25, 0.3) is 16.7 Å². The second-order valence-corrected chi connectivity index (χ2v) is 5.81. The Morgan fingerprint density at radius 2 is 1.76 bits per heavy atom. The van der Waals surface area contributed by atoms with Crippen molar-refractivity contribution in [1.82, 2.24) is 19.9 Å². The monoisotopic (exact) mass is 330 g/mol. The zero-order valence-electron chi connectivity index (χ0n) is 13.6. The molecule has 0 aliphatic heterocycles. The Hall–Kier alpha value is -3.34.